The molecular weight excluding hydrogens is 555 g/mol. The summed E-state index contributed by atoms with van der Waals surface area (Å²) in [6.45, 7) is 0. The molecule has 8 nitrogen and oxygen atoms in total. The van der Waals surface area contributed by atoms with Crippen LogP contribution in [0.1, 0.15) is 23.2 Å². The third kappa shape index (κ3) is 6.32. The van der Waals surface area contributed by atoms with Crippen LogP contribution >= 0.6 is 0 Å². The Morgan fingerprint density at radius 1 is 0.568 bits per heavy atom. The molecule has 4 aromatic rings. The molecular formula is C26H18N4NiO4S2-4. The summed E-state index contributed by atoms with van der Waals surface area (Å²) >= 11 is 10.9. The molecule has 0 aliphatic carbocycles. The predicted octanol–water partition coefficient (Wildman–Crippen LogP) is 7.51. The predicted molar refractivity (Wildman–Crippen MR) is 142 cm³/mol. The zero-order chi connectivity index (χ0) is 25.7. The second-order valence-electron chi connectivity index (χ2n) is 7.72. The van der Waals surface area contributed by atoms with E-state index in [0.717, 1.165) is 0 Å². The summed E-state index contributed by atoms with van der Waals surface area (Å²) < 4.78 is 0. The van der Waals surface area contributed by atoms with E-state index in [-0.39, 0.29) is 39.0 Å². The number of hydrogen-bond acceptors (Lipinski definition) is 6. The van der Waals surface area contributed by atoms with E-state index < -0.39 is 21.9 Å². The average Bonchev–Trinajstić information content (AvgIpc) is 2.88. The van der Waals surface area contributed by atoms with E-state index in [0.29, 0.717) is 21.2 Å². The van der Waals surface area contributed by atoms with Crippen LogP contribution in [-0.4, -0.2) is 9.85 Å². The maximum absolute atomic E-state index is 12.0. The zero-order valence-electron chi connectivity index (χ0n) is 18.9. The molecule has 2 unspecified atom stereocenters. The Labute approximate surface area is 234 Å². The Hall–Kier alpha value is -3.79. The monoisotopic (exact) mass is 572 g/mol. The van der Waals surface area contributed by atoms with Crippen LogP contribution in [0, 0.1) is 20.2 Å². The maximum atomic E-state index is 12.0. The SMILES string of the molecule is O=[N+]([O-])c1ccccc1C([N-]c1ccccc1[S-])C([N-]c1ccccc1[S-])c1ccccc1[N+](=O)[O-].[Ni]. The molecule has 192 valence electrons. The first-order valence-corrected chi connectivity index (χ1v) is 11.6. The fraction of sp³-hybridized carbons (Fsp3) is 0.0769. The van der Waals surface area contributed by atoms with Crippen LogP contribution in [0.3, 0.4) is 0 Å². The molecule has 0 N–H and O–H groups in total. The van der Waals surface area contributed by atoms with Gasteiger partial charge >= 0.3 is 0 Å². The van der Waals surface area contributed by atoms with Gasteiger partial charge in [-0.05, 0) is 0 Å². The van der Waals surface area contributed by atoms with Gasteiger partial charge in [-0.2, -0.15) is 21.2 Å². The Morgan fingerprint density at radius 3 is 1.24 bits per heavy atom. The van der Waals surface area contributed by atoms with Crippen molar-refractivity contribution in [2.45, 2.75) is 21.9 Å². The summed E-state index contributed by atoms with van der Waals surface area (Å²) in [4.78, 5) is 23.8. The quantitative estimate of drug-likeness (QED) is 0.0887. The molecule has 0 aromatic heterocycles. The van der Waals surface area contributed by atoms with E-state index in [1.165, 1.54) is 12.1 Å². The molecule has 37 heavy (non-hydrogen) atoms. The van der Waals surface area contributed by atoms with Crippen LogP contribution in [0.25, 0.3) is 10.6 Å². The third-order valence-electron chi connectivity index (χ3n) is 5.49. The van der Waals surface area contributed by atoms with Crippen molar-refractivity contribution in [2.75, 3.05) is 0 Å². The summed E-state index contributed by atoms with van der Waals surface area (Å²) in [5.74, 6) is 0. The smallest absolute Gasteiger partial charge is 0.271 e. The topological polar surface area (TPSA) is 114 Å². The summed E-state index contributed by atoms with van der Waals surface area (Å²) in [5.41, 5.74) is 0.961. The van der Waals surface area contributed by atoms with Gasteiger partial charge in [0.15, 0.2) is 0 Å². The number of rotatable bonds is 9. The van der Waals surface area contributed by atoms with E-state index in [4.69, 9.17) is 35.9 Å². The van der Waals surface area contributed by atoms with E-state index >= 15 is 0 Å². The standard InChI is InChI=1S/C26H20N4O4S2.Ni/c31-29(32)21-13-5-1-9-17(21)25(27-19-11-3-7-15-23(19)35)26(28-20-12-4-8-16-24(20)36)18-10-2-6-14-22(18)30(33)34;/h1-16,25-26,35-36H;/q-2;/p-2. The van der Waals surface area contributed by atoms with Gasteiger partial charge in [-0.3, -0.25) is 20.2 Å². The van der Waals surface area contributed by atoms with Gasteiger partial charge in [-0.1, -0.05) is 97.0 Å². The normalized spacial score (nSPS) is 12.0. The fourth-order valence-corrected chi connectivity index (χ4v) is 4.25. The molecule has 0 saturated heterocycles. The summed E-state index contributed by atoms with van der Waals surface area (Å²) in [5, 5.41) is 33.6. The van der Waals surface area contributed by atoms with Gasteiger partial charge in [0.05, 0.1) is 9.85 Å². The zero-order valence-corrected chi connectivity index (χ0v) is 21.6. The second kappa shape index (κ2) is 12.4. The molecule has 0 spiro atoms. The Morgan fingerprint density at radius 2 is 0.892 bits per heavy atom. The van der Waals surface area contributed by atoms with Crippen molar-refractivity contribution in [1.82, 2.24) is 0 Å². The van der Waals surface area contributed by atoms with Crippen LogP contribution in [0.15, 0.2) is 107 Å². The first kappa shape index (κ1) is 27.8. The summed E-state index contributed by atoms with van der Waals surface area (Å²) in [6.07, 6.45) is 0. The first-order chi connectivity index (χ1) is 17.4. The van der Waals surface area contributed by atoms with Gasteiger partial charge in [0.2, 0.25) is 0 Å². The van der Waals surface area contributed by atoms with Crippen LogP contribution < -0.4 is 0 Å². The van der Waals surface area contributed by atoms with E-state index in [9.17, 15) is 20.2 Å². The van der Waals surface area contributed by atoms with Crippen LogP contribution in [0.5, 0.6) is 0 Å². The molecule has 4 rings (SSSR count). The first-order valence-electron chi connectivity index (χ1n) is 10.8. The van der Waals surface area contributed by atoms with Crippen molar-refractivity contribution in [3.05, 3.63) is 139 Å². The maximum Gasteiger partial charge on any atom is 0.271 e. The molecule has 2 atom stereocenters. The molecule has 0 saturated carbocycles. The summed E-state index contributed by atoms with van der Waals surface area (Å²) in [6, 6.07) is 24.1. The van der Waals surface area contributed by atoms with Crippen molar-refractivity contribution in [1.29, 1.82) is 0 Å². The Kier molecular flexibility index (Phi) is 9.35. The third-order valence-corrected chi connectivity index (χ3v) is 6.18. The van der Waals surface area contributed by atoms with Gasteiger partial charge in [-0.15, -0.1) is 0 Å². The van der Waals surface area contributed by atoms with Crippen LogP contribution in [0.4, 0.5) is 22.7 Å². The summed E-state index contributed by atoms with van der Waals surface area (Å²) in [7, 11) is 0. The number of nitro benzene ring substituents is 2. The number of benzene rings is 4. The molecule has 0 radical (unpaired) electrons. The second-order valence-corrected chi connectivity index (χ2v) is 8.59. The Balaban J connectivity index is 0.00000380. The molecule has 0 amide bonds. The van der Waals surface area contributed by atoms with Crippen LogP contribution in [-0.2, 0) is 41.7 Å². The molecule has 0 fully saturated rings. The minimum absolute atomic E-state index is 0. The van der Waals surface area contributed by atoms with Crippen molar-refractivity contribution in [2.24, 2.45) is 0 Å². The molecule has 0 aliphatic rings. The molecule has 4 aromatic carbocycles. The van der Waals surface area contributed by atoms with Gasteiger partial charge in [0.1, 0.15) is 0 Å². The van der Waals surface area contributed by atoms with Gasteiger partial charge in [0, 0.05) is 39.8 Å². The molecule has 11 heteroatoms. The number of nitro groups is 2. The Bertz CT molecular complexity index is 1320. The van der Waals surface area contributed by atoms with Gasteiger partial charge < -0.3 is 35.9 Å². The number of para-hydroxylation sites is 4. The number of nitrogens with zero attached hydrogens (tertiary/aromatic N) is 4. The van der Waals surface area contributed by atoms with E-state index in [1.54, 1.807) is 84.9 Å². The minimum atomic E-state index is -1.02. The van der Waals surface area contributed by atoms with E-state index in [2.05, 4.69) is 0 Å². The van der Waals surface area contributed by atoms with Crippen molar-refractivity contribution in [3.8, 4) is 0 Å². The number of hydrogen-bond donors (Lipinski definition) is 0. The minimum Gasteiger partial charge on any atom is -0.781 e. The largest absolute Gasteiger partial charge is 0.781 e. The molecule has 0 heterocycles. The van der Waals surface area contributed by atoms with Crippen molar-refractivity contribution < 1.29 is 26.3 Å². The fourth-order valence-electron chi connectivity index (χ4n) is 3.86. The van der Waals surface area contributed by atoms with Crippen LogP contribution in [0.2, 0.25) is 0 Å². The van der Waals surface area contributed by atoms with Gasteiger partial charge in [0.25, 0.3) is 11.4 Å². The van der Waals surface area contributed by atoms with Crippen molar-refractivity contribution in [3.63, 3.8) is 0 Å². The molecule has 0 aliphatic heterocycles. The van der Waals surface area contributed by atoms with Crippen molar-refractivity contribution >= 4 is 48.0 Å². The van der Waals surface area contributed by atoms with Gasteiger partial charge in [-0.25, -0.2) is 0 Å². The van der Waals surface area contributed by atoms with E-state index in [1.807, 2.05) is 0 Å². The average molecular weight is 573 g/mol. The molecule has 0 bridgehead atoms.